The number of nitrogens with zero attached hydrogens (tertiary/aromatic N) is 3. The van der Waals surface area contributed by atoms with E-state index in [1.165, 1.54) is 0 Å². The van der Waals surface area contributed by atoms with Crippen molar-refractivity contribution in [2.75, 3.05) is 4.31 Å². The molecule has 0 spiro atoms. The van der Waals surface area contributed by atoms with Gasteiger partial charge in [-0.15, -0.1) is 0 Å². The molecule has 0 bridgehead atoms. The number of imidazole rings is 1. The minimum atomic E-state index is -4.89. The Labute approximate surface area is 192 Å². The lowest BCUT2D eigenvalue weighted by molar-refractivity contribution is -0.140. The number of aromatic nitrogens is 2. The molecule has 0 amide bonds. The minimum absolute atomic E-state index is 0.00617. The van der Waals surface area contributed by atoms with Gasteiger partial charge in [0.05, 0.1) is 28.0 Å². The third kappa shape index (κ3) is 4.35. The Morgan fingerprint density at radius 2 is 1.65 bits per heavy atom. The van der Waals surface area contributed by atoms with Crippen LogP contribution in [0.25, 0.3) is 11.0 Å². The molecule has 0 saturated heterocycles. The lowest BCUT2D eigenvalue weighted by Crippen LogP contribution is -2.33. The lowest BCUT2D eigenvalue weighted by atomic mass is 10.1. The average Bonchev–Trinajstić information content (AvgIpc) is 3.15. The van der Waals surface area contributed by atoms with Crippen molar-refractivity contribution in [3.8, 4) is 0 Å². The SMILES string of the molecule is CCn1c(N(Cc2ccc(C(F)(F)F)c(F)c2)S(=O)(=O)c2ccc(F)cc2)nc2ccccc21. The molecule has 0 aliphatic carbocycles. The Hall–Kier alpha value is -3.47. The van der Waals surface area contributed by atoms with E-state index >= 15 is 0 Å². The monoisotopic (exact) mass is 495 g/mol. The molecule has 11 heteroatoms. The fourth-order valence-corrected chi connectivity index (χ4v) is 5.02. The topological polar surface area (TPSA) is 55.2 Å². The van der Waals surface area contributed by atoms with Crippen LogP contribution in [0.4, 0.5) is 27.9 Å². The van der Waals surface area contributed by atoms with Crippen LogP contribution in [0.2, 0.25) is 0 Å². The Morgan fingerprint density at radius 1 is 0.971 bits per heavy atom. The molecule has 34 heavy (non-hydrogen) atoms. The Morgan fingerprint density at radius 3 is 2.26 bits per heavy atom. The first-order valence-corrected chi connectivity index (χ1v) is 11.6. The third-order valence-electron chi connectivity index (χ3n) is 5.24. The molecule has 0 saturated carbocycles. The maximum Gasteiger partial charge on any atom is 0.419 e. The summed E-state index contributed by atoms with van der Waals surface area (Å²) >= 11 is 0. The van der Waals surface area contributed by atoms with Gasteiger partial charge in [0.1, 0.15) is 11.6 Å². The predicted octanol–water partition coefficient (Wildman–Crippen LogP) is 5.75. The van der Waals surface area contributed by atoms with Crippen molar-refractivity contribution < 1.29 is 30.4 Å². The number of anilines is 1. The molecular weight excluding hydrogens is 477 g/mol. The van der Waals surface area contributed by atoms with E-state index in [2.05, 4.69) is 4.98 Å². The normalized spacial score (nSPS) is 12.3. The van der Waals surface area contributed by atoms with Gasteiger partial charge in [-0.3, -0.25) is 0 Å². The first-order valence-electron chi connectivity index (χ1n) is 10.1. The highest BCUT2D eigenvalue weighted by Crippen LogP contribution is 2.33. The summed E-state index contributed by atoms with van der Waals surface area (Å²) in [6.07, 6.45) is -4.89. The van der Waals surface area contributed by atoms with Gasteiger partial charge in [-0.25, -0.2) is 26.5 Å². The molecular formula is C23H18F5N3O2S. The van der Waals surface area contributed by atoms with Gasteiger partial charge < -0.3 is 4.57 Å². The van der Waals surface area contributed by atoms with Crippen molar-refractivity contribution in [2.24, 2.45) is 0 Å². The van der Waals surface area contributed by atoms with E-state index in [0.29, 0.717) is 29.7 Å². The number of fused-ring (bicyclic) bond motifs is 1. The molecule has 0 N–H and O–H groups in total. The predicted molar refractivity (Wildman–Crippen MR) is 117 cm³/mol. The maximum atomic E-state index is 14.2. The van der Waals surface area contributed by atoms with E-state index in [1.807, 2.05) is 0 Å². The number of hydrogen-bond acceptors (Lipinski definition) is 3. The van der Waals surface area contributed by atoms with E-state index in [9.17, 15) is 30.4 Å². The molecule has 0 fully saturated rings. The smallest absolute Gasteiger partial charge is 0.310 e. The molecule has 0 aliphatic heterocycles. The van der Waals surface area contributed by atoms with E-state index < -0.39 is 39.9 Å². The quantitative estimate of drug-likeness (QED) is 0.320. The Bertz CT molecular complexity index is 1450. The second-order valence-corrected chi connectivity index (χ2v) is 9.28. The van der Waals surface area contributed by atoms with Crippen molar-refractivity contribution in [2.45, 2.75) is 31.1 Å². The van der Waals surface area contributed by atoms with Gasteiger partial charge in [0.2, 0.25) is 5.95 Å². The van der Waals surface area contributed by atoms with Gasteiger partial charge in [-0.1, -0.05) is 18.2 Å². The molecule has 4 rings (SSSR count). The van der Waals surface area contributed by atoms with Crippen molar-refractivity contribution in [1.29, 1.82) is 0 Å². The molecule has 1 heterocycles. The Balaban J connectivity index is 1.88. The zero-order chi connectivity index (χ0) is 24.7. The van der Waals surface area contributed by atoms with E-state index in [-0.39, 0.29) is 16.4 Å². The van der Waals surface area contributed by atoms with Crippen LogP contribution in [0.3, 0.4) is 0 Å². The zero-order valence-corrected chi connectivity index (χ0v) is 18.5. The van der Waals surface area contributed by atoms with Crippen molar-refractivity contribution in [1.82, 2.24) is 9.55 Å². The molecule has 0 aliphatic rings. The largest absolute Gasteiger partial charge is 0.419 e. The number of rotatable bonds is 6. The van der Waals surface area contributed by atoms with Gasteiger partial charge in [0, 0.05) is 6.54 Å². The molecule has 3 aromatic carbocycles. The first kappa shape index (κ1) is 23.7. The highest BCUT2D eigenvalue weighted by atomic mass is 32.2. The summed E-state index contributed by atoms with van der Waals surface area (Å²) in [5.41, 5.74) is -0.342. The highest BCUT2D eigenvalue weighted by molar-refractivity contribution is 7.92. The van der Waals surface area contributed by atoms with Crippen LogP contribution in [0.5, 0.6) is 0 Å². The molecule has 4 aromatic rings. The van der Waals surface area contributed by atoms with Gasteiger partial charge in [0.25, 0.3) is 10.0 Å². The minimum Gasteiger partial charge on any atom is -0.310 e. The van der Waals surface area contributed by atoms with Crippen LogP contribution in [0.15, 0.2) is 71.6 Å². The standard InChI is InChI=1S/C23H18F5N3O2S/c1-2-30-21-6-4-3-5-20(21)29-22(30)31(34(32,33)17-10-8-16(24)9-11-17)14-15-7-12-18(19(25)13-15)23(26,27)28/h3-13H,2,14H2,1H3. The fraction of sp³-hybridized carbons (Fsp3) is 0.174. The van der Waals surface area contributed by atoms with Crippen LogP contribution < -0.4 is 4.31 Å². The number of benzene rings is 3. The molecule has 1 aromatic heterocycles. The summed E-state index contributed by atoms with van der Waals surface area (Å²) in [7, 11) is -4.36. The van der Waals surface area contributed by atoms with Crippen LogP contribution in [0, 0.1) is 11.6 Å². The van der Waals surface area contributed by atoms with E-state index in [1.54, 1.807) is 35.8 Å². The molecule has 0 unspecified atom stereocenters. The summed E-state index contributed by atoms with van der Waals surface area (Å²) in [6.45, 7) is 1.60. The Kier molecular flexibility index (Phi) is 6.07. The van der Waals surface area contributed by atoms with Crippen LogP contribution >= 0.6 is 0 Å². The second kappa shape index (κ2) is 8.71. The van der Waals surface area contributed by atoms with Crippen LogP contribution in [-0.4, -0.2) is 18.0 Å². The lowest BCUT2D eigenvalue weighted by Gasteiger charge is -2.24. The molecule has 0 atom stereocenters. The van der Waals surface area contributed by atoms with Gasteiger partial charge in [-0.2, -0.15) is 13.2 Å². The molecule has 0 radical (unpaired) electrons. The van der Waals surface area contributed by atoms with E-state index in [4.69, 9.17) is 0 Å². The number of aryl methyl sites for hydroxylation is 1. The second-order valence-electron chi connectivity index (χ2n) is 7.42. The third-order valence-corrected chi connectivity index (χ3v) is 6.98. The number of halogens is 5. The number of sulfonamides is 1. The van der Waals surface area contributed by atoms with Crippen LogP contribution in [-0.2, 0) is 29.3 Å². The number of hydrogen-bond donors (Lipinski definition) is 0. The summed E-state index contributed by atoms with van der Waals surface area (Å²) in [5.74, 6) is -2.17. The van der Waals surface area contributed by atoms with Crippen molar-refractivity contribution in [3.05, 3.63) is 89.5 Å². The first-order chi connectivity index (χ1) is 16.0. The summed E-state index contributed by atoms with van der Waals surface area (Å²) in [5, 5.41) is 0. The van der Waals surface area contributed by atoms with Crippen LogP contribution in [0.1, 0.15) is 18.1 Å². The van der Waals surface area contributed by atoms with Gasteiger partial charge >= 0.3 is 6.18 Å². The van der Waals surface area contributed by atoms with Gasteiger partial charge in [0.15, 0.2) is 0 Å². The number of alkyl halides is 3. The summed E-state index contributed by atoms with van der Waals surface area (Å²) in [6, 6.07) is 13.2. The average molecular weight is 495 g/mol. The van der Waals surface area contributed by atoms with Crippen molar-refractivity contribution >= 4 is 27.0 Å². The summed E-state index contributed by atoms with van der Waals surface area (Å²) < 4.78 is 96.2. The fourth-order valence-electron chi connectivity index (χ4n) is 3.61. The zero-order valence-electron chi connectivity index (χ0n) is 17.7. The summed E-state index contributed by atoms with van der Waals surface area (Å²) in [4.78, 5) is 4.18. The van der Waals surface area contributed by atoms with E-state index in [0.717, 1.165) is 34.6 Å². The number of para-hydroxylation sites is 2. The molecule has 178 valence electrons. The van der Waals surface area contributed by atoms with Crippen molar-refractivity contribution in [3.63, 3.8) is 0 Å². The highest BCUT2D eigenvalue weighted by Gasteiger charge is 2.35. The van der Waals surface area contributed by atoms with Gasteiger partial charge in [-0.05, 0) is 61.0 Å². The maximum absolute atomic E-state index is 14.2. The molecule has 5 nitrogen and oxygen atoms in total.